The predicted octanol–water partition coefficient (Wildman–Crippen LogP) is 1.85. The van der Waals surface area contributed by atoms with E-state index in [0.717, 1.165) is 11.3 Å². The number of nitrogens with one attached hydrogen (secondary N) is 2. The van der Waals surface area contributed by atoms with Crippen LogP contribution in [0, 0.1) is 18.3 Å². The first-order valence-corrected chi connectivity index (χ1v) is 5.71. The minimum atomic E-state index is 0.0323. The highest BCUT2D eigenvalue weighted by Crippen LogP contribution is 2.07. The molecule has 0 aliphatic rings. The van der Waals surface area contributed by atoms with Crippen LogP contribution in [-0.2, 0) is 4.79 Å². The maximum atomic E-state index is 11.3. The molecule has 0 aliphatic carbocycles. The lowest BCUT2D eigenvalue weighted by Crippen LogP contribution is -2.31. The predicted molar refractivity (Wildman–Crippen MR) is 70.7 cm³/mol. The third-order valence-corrected chi connectivity index (χ3v) is 2.33. The lowest BCUT2D eigenvalue weighted by molar-refractivity contribution is -0.123. The van der Waals surface area contributed by atoms with Crippen molar-refractivity contribution in [1.29, 1.82) is 0 Å². The van der Waals surface area contributed by atoms with Gasteiger partial charge in [0, 0.05) is 30.3 Å². The molecular weight excluding hydrogens is 212 g/mol. The molecular formula is C14H18N2O. The fraction of sp³-hybridized carbons (Fsp3) is 0.357. The first-order chi connectivity index (χ1) is 8.13. The van der Waals surface area contributed by atoms with Gasteiger partial charge in [-0.05, 0) is 24.3 Å². The summed E-state index contributed by atoms with van der Waals surface area (Å²) in [5, 5.41) is 6.05. The van der Waals surface area contributed by atoms with Gasteiger partial charge in [-0.1, -0.05) is 19.8 Å². The lowest BCUT2D eigenvalue weighted by atomic mass is 10.2. The number of hydrogen-bond acceptors (Lipinski definition) is 2. The van der Waals surface area contributed by atoms with E-state index in [4.69, 9.17) is 6.42 Å². The number of rotatable bonds is 5. The number of terminal acetylenes is 1. The number of benzene rings is 1. The summed E-state index contributed by atoms with van der Waals surface area (Å²) < 4.78 is 0. The summed E-state index contributed by atoms with van der Waals surface area (Å²) in [6, 6.07) is 7.63. The zero-order chi connectivity index (χ0) is 12.7. The van der Waals surface area contributed by atoms with Crippen molar-refractivity contribution < 1.29 is 4.79 Å². The number of hydrogen-bond donors (Lipinski definition) is 2. The Bertz CT molecular complexity index is 401. The van der Waals surface area contributed by atoms with Crippen molar-refractivity contribution in [3.8, 4) is 12.3 Å². The molecule has 0 saturated carbocycles. The molecule has 1 rings (SSSR count). The highest BCUT2D eigenvalue weighted by atomic mass is 16.1. The maximum Gasteiger partial charge on any atom is 0.222 e. The summed E-state index contributed by atoms with van der Waals surface area (Å²) >= 11 is 0. The standard InChI is InChI=1S/C14H18N2O/c1-4-12-5-7-13(8-6-12)15-9-10-16-14(17)11(2)3/h1,5-8,11,15H,9-10H2,2-3H3,(H,16,17). The molecule has 2 N–H and O–H groups in total. The third-order valence-electron chi connectivity index (χ3n) is 2.33. The van der Waals surface area contributed by atoms with Gasteiger partial charge in [-0.3, -0.25) is 4.79 Å². The molecule has 0 aromatic heterocycles. The first-order valence-electron chi connectivity index (χ1n) is 5.71. The second-order valence-corrected chi connectivity index (χ2v) is 4.09. The summed E-state index contributed by atoms with van der Waals surface area (Å²) in [5.74, 6) is 2.67. The normalized spacial score (nSPS) is 9.76. The van der Waals surface area contributed by atoms with E-state index in [1.807, 2.05) is 38.1 Å². The molecule has 0 saturated heterocycles. The molecule has 3 heteroatoms. The van der Waals surface area contributed by atoms with E-state index in [-0.39, 0.29) is 11.8 Å². The minimum Gasteiger partial charge on any atom is -0.383 e. The minimum absolute atomic E-state index is 0.0323. The lowest BCUT2D eigenvalue weighted by Gasteiger charge is -2.09. The second-order valence-electron chi connectivity index (χ2n) is 4.09. The van der Waals surface area contributed by atoms with E-state index in [0.29, 0.717) is 13.1 Å². The van der Waals surface area contributed by atoms with Crippen LogP contribution in [0.5, 0.6) is 0 Å². The van der Waals surface area contributed by atoms with Crippen molar-refractivity contribution in [3.05, 3.63) is 29.8 Å². The Morgan fingerprint density at radius 3 is 2.47 bits per heavy atom. The average Bonchev–Trinajstić information content (AvgIpc) is 2.35. The van der Waals surface area contributed by atoms with Crippen LogP contribution in [0.3, 0.4) is 0 Å². The summed E-state index contributed by atoms with van der Waals surface area (Å²) in [6.07, 6.45) is 5.27. The van der Waals surface area contributed by atoms with E-state index >= 15 is 0 Å². The molecule has 3 nitrogen and oxygen atoms in total. The van der Waals surface area contributed by atoms with Gasteiger partial charge in [0.15, 0.2) is 0 Å². The Balaban J connectivity index is 2.27. The molecule has 0 atom stereocenters. The fourth-order valence-electron chi connectivity index (χ4n) is 1.28. The van der Waals surface area contributed by atoms with Crippen LogP contribution in [0.15, 0.2) is 24.3 Å². The van der Waals surface area contributed by atoms with Gasteiger partial charge >= 0.3 is 0 Å². The largest absolute Gasteiger partial charge is 0.383 e. The van der Waals surface area contributed by atoms with Crippen molar-refractivity contribution in [1.82, 2.24) is 5.32 Å². The first kappa shape index (κ1) is 13.1. The molecule has 17 heavy (non-hydrogen) atoms. The van der Waals surface area contributed by atoms with E-state index < -0.39 is 0 Å². The van der Waals surface area contributed by atoms with Gasteiger partial charge in [-0.25, -0.2) is 0 Å². The van der Waals surface area contributed by atoms with Crippen LogP contribution in [-0.4, -0.2) is 19.0 Å². The van der Waals surface area contributed by atoms with Gasteiger partial charge in [-0.15, -0.1) is 6.42 Å². The molecule has 0 spiro atoms. The SMILES string of the molecule is C#Cc1ccc(NCCNC(=O)C(C)C)cc1. The molecule has 1 aromatic carbocycles. The number of amides is 1. The monoisotopic (exact) mass is 230 g/mol. The second kappa shape index (κ2) is 6.59. The van der Waals surface area contributed by atoms with Crippen LogP contribution in [0.1, 0.15) is 19.4 Å². The molecule has 0 unspecified atom stereocenters. The van der Waals surface area contributed by atoms with Crippen molar-refractivity contribution in [2.24, 2.45) is 5.92 Å². The number of carbonyl (C=O) groups is 1. The van der Waals surface area contributed by atoms with Crippen molar-refractivity contribution in [3.63, 3.8) is 0 Å². The van der Waals surface area contributed by atoms with Gasteiger partial charge in [0.25, 0.3) is 0 Å². The van der Waals surface area contributed by atoms with E-state index in [2.05, 4.69) is 16.6 Å². The Labute approximate surface area is 103 Å². The summed E-state index contributed by atoms with van der Waals surface area (Å²) in [5.41, 5.74) is 1.87. The molecule has 0 radical (unpaired) electrons. The van der Waals surface area contributed by atoms with Gasteiger partial charge in [-0.2, -0.15) is 0 Å². The number of anilines is 1. The van der Waals surface area contributed by atoms with Gasteiger partial charge in [0.1, 0.15) is 0 Å². The Morgan fingerprint density at radius 1 is 1.29 bits per heavy atom. The van der Waals surface area contributed by atoms with Crippen molar-refractivity contribution in [2.75, 3.05) is 18.4 Å². The maximum absolute atomic E-state index is 11.3. The van der Waals surface area contributed by atoms with E-state index in [1.54, 1.807) is 0 Å². The summed E-state index contributed by atoms with van der Waals surface area (Å²) in [6.45, 7) is 5.07. The topological polar surface area (TPSA) is 41.1 Å². The molecule has 0 heterocycles. The van der Waals surface area contributed by atoms with Gasteiger partial charge in [0.2, 0.25) is 5.91 Å². The molecule has 1 amide bonds. The number of carbonyl (C=O) groups excluding carboxylic acids is 1. The van der Waals surface area contributed by atoms with Gasteiger partial charge in [0.05, 0.1) is 0 Å². The molecule has 1 aromatic rings. The van der Waals surface area contributed by atoms with Crippen molar-refractivity contribution >= 4 is 11.6 Å². The summed E-state index contributed by atoms with van der Waals surface area (Å²) in [4.78, 5) is 11.3. The van der Waals surface area contributed by atoms with E-state index in [1.165, 1.54) is 0 Å². The van der Waals surface area contributed by atoms with Crippen LogP contribution in [0.4, 0.5) is 5.69 Å². The average molecular weight is 230 g/mol. The molecule has 90 valence electrons. The zero-order valence-electron chi connectivity index (χ0n) is 10.3. The third kappa shape index (κ3) is 4.60. The molecule has 0 bridgehead atoms. The summed E-state index contributed by atoms with van der Waals surface area (Å²) in [7, 11) is 0. The van der Waals surface area contributed by atoms with Gasteiger partial charge < -0.3 is 10.6 Å². The highest BCUT2D eigenvalue weighted by molar-refractivity contribution is 5.77. The Morgan fingerprint density at radius 2 is 1.94 bits per heavy atom. The van der Waals surface area contributed by atoms with E-state index in [9.17, 15) is 4.79 Å². The molecule has 0 aliphatic heterocycles. The van der Waals surface area contributed by atoms with Crippen molar-refractivity contribution in [2.45, 2.75) is 13.8 Å². The smallest absolute Gasteiger partial charge is 0.222 e. The van der Waals surface area contributed by atoms with Crippen LogP contribution in [0.2, 0.25) is 0 Å². The van der Waals surface area contributed by atoms with Crippen LogP contribution in [0.25, 0.3) is 0 Å². The van der Waals surface area contributed by atoms with Crippen LogP contribution >= 0.6 is 0 Å². The zero-order valence-corrected chi connectivity index (χ0v) is 10.3. The quantitative estimate of drug-likeness (QED) is 0.598. The Kier molecular flexibility index (Phi) is 5.09. The highest BCUT2D eigenvalue weighted by Gasteiger charge is 2.04. The van der Waals surface area contributed by atoms with Crippen LogP contribution < -0.4 is 10.6 Å². The Hall–Kier alpha value is -1.95. The fourth-order valence-corrected chi connectivity index (χ4v) is 1.28. The molecule has 0 fully saturated rings.